The second-order valence-electron chi connectivity index (χ2n) is 7.52. The molecule has 3 rings (SSSR count). The molecule has 2 aromatic rings. The van der Waals surface area contributed by atoms with Crippen molar-refractivity contribution in [3.8, 4) is 28.4 Å². The number of amides is 1. The van der Waals surface area contributed by atoms with Gasteiger partial charge in [0.15, 0.2) is 11.5 Å². The van der Waals surface area contributed by atoms with Gasteiger partial charge in [-0.2, -0.15) is 0 Å². The highest BCUT2D eigenvalue weighted by Crippen LogP contribution is 2.50. The van der Waals surface area contributed by atoms with Gasteiger partial charge in [-0.25, -0.2) is 0 Å². The van der Waals surface area contributed by atoms with Crippen LogP contribution in [0.1, 0.15) is 30.5 Å². The van der Waals surface area contributed by atoms with Crippen molar-refractivity contribution in [2.45, 2.75) is 25.8 Å². The third-order valence-electron chi connectivity index (χ3n) is 5.54. The summed E-state index contributed by atoms with van der Waals surface area (Å²) in [5.74, 6) is 1.41. The van der Waals surface area contributed by atoms with Crippen molar-refractivity contribution in [1.82, 2.24) is 5.32 Å². The number of fused-ring (bicyclic) bond motifs is 3. The van der Waals surface area contributed by atoms with Gasteiger partial charge in [-0.1, -0.05) is 6.07 Å². The molecule has 172 valence electrons. The van der Waals surface area contributed by atoms with Gasteiger partial charge in [0, 0.05) is 26.1 Å². The molecule has 0 aromatic heterocycles. The second kappa shape index (κ2) is 10.4. The largest absolute Gasteiger partial charge is 0.493 e. The first-order valence-electron chi connectivity index (χ1n) is 10.5. The van der Waals surface area contributed by atoms with Crippen LogP contribution in [0.5, 0.6) is 17.2 Å². The molecular weight excluding hydrogens is 412 g/mol. The summed E-state index contributed by atoms with van der Waals surface area (Å²) in [4.78, 5) is 25.0. The first-order valence-corrected chi connectivity index (χ1v) is 10.5. The number of hydrogen-bond acceptors (Lipinski definition) is 7. The summed E-state index contributed by atoms with van der Waals surface area (Å²) in [6, 6.07) is 6.84. The summed E-state index contributed by atoms with van der Waals surface area (Å²) in [6.07, 6.45) is 1.27. The minimum Gasteiger partial charge on any atom is -0.493 e. The molecule has 0 radical (unpaired) electrons. The Kier molecular flexibility index (Phi) is 7.58. The van der Waals surface area contributed by atoms with E-state index in [1.165, 1.54) is 6.92 Å². The maximum atomic E-state index is 13.0. The number of anilines is 1. The first-order chi connectivity index (χ1) is 15.4. The number of rotatable bonds is 8. The number of aryl methyl sites for hydroxylation is 1. The zero-order chi connectivity index (χ0) is 23.3. The molecule has 0 heterocycles. The van der Waals surface area contributed by atoms with Crippen LogP contribution in [-0.2, 0) is 16.0 Å². The minimum absolute atomic E-state index is 0.161. The van der Waals surface area contributed by atoms with E-state index in [1.54, 1.807) is 40.6 Å². The van der Waals surface area contributed by atoms with Crippen molar-refractivity contribution in [3.63, 3.8) is 0 Å². The van der Waals surface area contributed by atoms with E-state index in [2.05, 4.69) is 10.6 Å². The summed E-state index contributed by atoms with van der Waals surface area (Å²) >= 11 is 0. The highest BCUT2D eigenvalue weighted by molar-refractivity contribution is 5.83. The molecule has 0 unspecified atom stereocenters. The Labute approximate surface area is 187 Å². The number of carbonyl (C=O) groups is 1. The molecule has 2 N–H and O–H groups in total. The maximum absolute atomic E-state index is 13.0. The molecule has 0 bridgehead atoms. The van der Waals surface area contributed by atoms with Crippen molar-refractivity contribution in [2.75, 3.05) is 46.9 Å². The van der Waals surface area contributed by atoms with Gasteiger partial charge in [-0.15, -0.1) is 0 Å². The highest BCUT2D eigenvalue weighted by atomic mass is 16.5. The molecule has 1 aliphatic rings. The molecule has 2 aromatic carbocycles. The van der Waals surface area contributed by atoms with Gasteiger partial charge in [0.1, 0.15) is 0 Å². The molecular formula is C24H30N2O6. The fourth-order valence-electron chi connectivity index (χ4n) is 4.14. The molecule has 8 heteroatoms. The van der Waals surface area contributed by atoms with Crippen molar-refractivity contribution in [1.29, 1.82) is 0 Å². The van der Waals surface area contributed by atoms with Crippen LogP contribution < -0.4 is 30.3 Å². The van der Waals surface area contributed by atoms with E-state index in [1.807, 2.05) is 12.1 Å². The van der Waals surface area contributed by atoms with E-state index in [4.69, 9.17) is 18.9 Å². The maximum Gasteiger partial charge on any atom is 0.217 e. The van der Waals surface area contributed by atoms with E-state index in [0.717, 1.165) is 22.3 Å². The summed E-state index contributed by atoms with van der Waals surface area (Å²) < 4.78 is 22.0. The molecule has 0 saturated carbocycles. The van der Waals surface area contributed by atoms with Crippen LogP contribution in [0.4, 0.5) is 5.69 Å². The normalized spacial score (nSPS) is 14.5. The van der Waals surface area contributed by atoms with Crippen molar-refractivity contribution in [3.05, 3.63) is 45.6 Å². The number of nitrogens with one attached hydrogen (secondary N) is 2. The van der Waals surface area contributed by atoms with Gasteiger partial charge in [0.05, 0.1) is 39.7 Å². The lowest BCUT2D eigenvalue weighted by Gasteiger charge is -2.19. The van der Waals surface area contributed by atoms with Gasteiger partial charge in [-0.05, 0) is 47.7 Å². The Balaban J connectivity index is 2.31. The molecule has 8 nitrogen and oxygen atoms in total. The molecule has 0 fully saturated rings. The summed E-state index contributed by atoms with van der Waals surface area (Å²) in [7, 11) is 6.32. The van der Waals surface area contributed by atoms with E-state index < -0.39 is 0 Å². The van der Waals surface area contributed by atoms with Crippen LogP contribution in [0, 0.1) is 0 Å². The standard InChI is InChI=1S/C24H30N2O6/c1-14(27)26-18-8-6-15-12-21(30-3)23(31-4)24(32-5)22(15)16-7-9-19(25-10-11-29-2)20(28)13-17(16)18/h7,9,12-13,18H,6,8,10-11H2,1-5H3,(H,25,28)(H,26,27)/t18-/m0/s1. The van der Waals surface area contributed by atoms with Crippen LogP contribution in [0.25, 0.3) is 11.1 Å². The Bertz CT molecular complexity index is 1050. The average Bonchev–Trinajstić information content (AvgIpc) is 3.02. The summed E-state index contributed by atoms with van der Waals surface area (Å²) in [5.41, 5.74) is 3.63. The van der Waals surface area contributed by atoms with Crippen molar-refractivity contribution in [2.24, 2.45) is 0 Å². The molecule has 0 aliphatic heterocycles. The number of carbonyl (C=O) groups excluding carboxylic acids is 1. The van der Waals surface area contributed by atoms with Crippen LogP contribution in [0.2, 0.25) is 0 Å². The lowest BCUT2D eigenvalue weighted by atomic mass is 9.95. The van der Waals surface area contributed by atoms with E-state index in [0.29, 0.717) is 48.9 Å². The number of hydrogen-bond donors (Lipinski definition) is 2. The van der Waals surface area contributed by atoms with Crippen LogP contribution >= 0.6 is 0 Å². The SMILES string of the molecule is COCCNc1ccc2c(cc1=O)[C@@H](NC(C)=O)CCc1cc(OC)c(OC)c(OC)c1-2. The fourth-order valence-corrected chi connectivity index (χ4v) is 4.14. The molecule has 1 atom stereocenters. The van der Waals surface area contributed by atoms with Crippen molar-refractivity contribution >= 4 is 11.6 Å². The van der Waals surface area contributed by atoms with E-state index in [-0.39, 0.29) is 17.4 Å². The monoisotopic (exact) mass is 442 g/mol. The minimum atomic E-state index is -0.330. The predicted octanol–water partition coefficient (Wildman–Crippen LogP) is 2.92. The van der Waals surface area contributed by atoms with Gasteiger partial charge in [0.25, 0.3) is 0 Å². The molecule has 32 heavy (non-hydrogen) atoms. The van der Waals surface area contributed by atoms with Gasteiger partial charge >= 0.3 is 0 Å². The Morgan fingerprint density at radius 2 is 1.81 bits per heavy atom. The molecule has 1 aliphatic carbocycles. The summed E-state index contributed by atoms with van der Waals surface area (Å²) in [6.45, 7) is 2.45. The Morgan fingerprint density at radius 3 is 2.44 bits per heavy atom. The Hall–Kier alpha value is -3.26. The van der Waals surface area contributed by atoms with Crippen LogP contribution in [0.15, 0.2) is 29.1 Å². The number of methoxy groups -OCH3 is 4. The Morgan fingerprint density at radius 1 is 1.06 bits per heavy atom. The van der Waals surface area contributed by atoms with Gasteiger partial charge in [-0.3, -0.25) is 9.59 Å². The van der Waals surface area contributed by atoms with E-state index >= 15 is 0 Å². The smallest absolute Gasteiger partial charge is 0.217 e. The third-order valence-corrected chi connectivity index (χ3v) is 5.54. The molecule has 0 spiro atoms. The fraction of sp³-hybridized carbons (Fsp3) is 0.417. The predicted molar refractivity (Wildman–Crippen MR) is 123 cm³/mol. The van der Waals surface area contributed by atoms with Crippen molar-refractivity contribution < 1.29 is 23.7 Å². The quantitative estimate of drug-likeness (QED) is 0.607. The second-order valence-corrected chi connectivity index (χ2v) is 7.52. The van der Waals surface area contributed by atoms with Crippen LogP contribution in [-0.4, -0.2) is 47.5 Å². The topological polar surface area (TPSA) is 95.1 Å². The number of ether oxygens (including phenoxy) is 4. The van der Waals surface area contributed by atoms with Crippen LogP contribution in [0.3, 0.4) is 0 Å². The molecule has 1 amide bonds. The first kappa shape index (κ1) is 23.4. The lowest BCUT2D eigenvalue weighted by molar-refractivity contribution is -0.119. The van der Waals surface area contributed by atoms with Gasteiger partial charge in [0.2, 0.25) is 17.1 Å². The number of benzene rings is 1. The van der Waals surface area contributed by atoms with E-state index in [9.17, 15) is 9.59 Å². The lowest BCUT2D eigenvalue weighted by Crippen LogP contribution is -2.26. The average molecular weight is 443 g/mol. The zero-order valence-corrected chi connectivity index (χ0v) is 19.2. The third kappa shape index (κ3) is 4.65. The molecule has 0 saturated heterocycles. The van der Waals surface area contributed by atoms with Gasteiger partial charge < -0.3 is 29.6 Å². The highest BCUT2D eigenvalue weighted by Gasteiger charge is 2.29. The summed E-state index contributed by atoms with van der Waals surface area (Å²) in [5, 5.41) is 6.12. The zero-order valence-electron chi connectivity index (χ0n) is 19.2.